The maximum atomic E-state index is 12.4. The highest BCUT2D eigenvalue weighted by Crippen LogP contribution is 2.28. The number of carbonyl (C=O) groups is 3. The normalized spacial score (nSPS) is 13.5. The number of esters is 1. The highest BCUT2D eigenvalue weighted by atomic mass is 16.6. The third kappa shape index (κ3) is 6.16. The summed E-state index contributed by atoms with van der Waals surface area (Å²) < 4.78 is 10.2. The van der Waals surface area contributed by atoms with Crippen molar-refractivity contribution in [2.24, 2.45) is 0 Å². The molecule has 2 rings (SSSR count). The molecule has 0 heterocycles. The average Bonchev–Trinajstić information content (AvgIpc) is 3.42. The van der Waals surface area contributed by atoms with E-state index in [1.54, 1.807) is 23.1 Å². The Morgan fingerprint density at radius 3 is 2.52 bits per heavy atom. The van der Waals surface area contributed by atoms with E-state index >= 15 is 0 Å². The lowest BCUT2D eigenvalue weighted by molar-refractivity contribution is -0.105. The second-order valence-electron chi connectivity index (χ2n) is 7.35. The zero-order valence-electron chi connectivity index (χ0n) is 16.2. The standard InChI is InChI=1S/C19H27N3O5/c1-19(2,3)27-18(25)22(14-6-7-14)10-9-20-16-11-13(17(24)26-4)5-8-15(16)21-12-23/h5,8,11-12,14,20H,6-7,9-10H2,1-4H3,(H,21,23). The third-order valence-corrected chi connectivity index (χ3v) is 3.94. The number of carbonyl (C=O) groups excluding carboxylic acids is 3. The van der Waals surface area contributed by atoms with Crippen LogP contribution in [-0.2, 0) is 14.3 Å². The Morgan fingerprint density at radius 2 is 1.96 bits per heavy atom. The molecule has 1 aromatic rings. The minimum atomic E-state index is -0.548. The number of nitrogens with zero attached hydrogens (tertiary/aromatic N) is 1. The fraction of sp³-hybridized carbons (Fsp3) is 0.526. The zero-order valence-corrected chi connectivity index (χ0v) is 16.2. The molecule has 0 saturated heterocycles. The van der Waals surface area contributed by atoms with Gasteiger partial charge in [0, 0.05) is 19.1 Å². The molecule has 0 spiro atoms. The van der Waals surface area contributed by atoms with Crippen LogP contribution in [0.15, 0.2) is 18.2 Å². The molecule has 0 aromatic heterocycles. The zero-order chi connectivity index (χ0) is 20.0. The summed E-state index contributed by atoms with van der Waals surface area (Å²) in [5.74, 6) is -0.468. The molecule has 27 heavy (non-hydrogen) atoms. The second-order valence-corrected chi connectivity index (χ2v) is 7.35. The lowest BCUT2D eigenvalue weighted by atomic mass is 10.1. The first-order chi connectivity index (χ1) is 12.7. The van der Waals surface area contributed by atoms with Crippen LogP contribution >= 0.6 is 0 Å². The summed E-state index contributed by atoms with van der Waals surface area (Å²) in [4.78, 5) is 36.6. The van der Waals surface area contributed by atoms with Crippen molar-refractivity contribution in [1.29, 1.82) is 0 Å². The van der Waals surface area contributed by atoms with Crippen molar-refractivity contribution in [3.05, 3.63) is 23.8 Å². The monoisotopic (exact) mass is 377 g/mol. The fourth-order valence-electron chi connectivity index (χ4n) is 2.57. The van der Waals surface area contributed by atoms with Crippen LogP contribution in [-0.4, -0.2) is 55.2 Å². The van der Waals surface area contributed by atoms with Gasteiger partial charge in [-0.15, -0.1) is 0 Å². The summed E-state index contributed by atoms with van der Waals surface area (Å²) in [5.41, 5.74) is 0.925. The number of methoxy groups -OCH3 is 1. The van der Waals surface area contributed by atoms with Crippen LogP contribution in [0.1, 0.15) is 44.0 Å². The molecule has 0 unspecified atom stereocenters. The van der Waals surface area contributed by atoms with E-state index in [9.17, 15) is 14.4 Å². The van der Waals surface area contributed by atoms with E-state index in [2.05, 4.69) is 10.6 Å². The second kappa shape index (κ2) is 8.75. The fourth-order valence-corrected chi connectivity index (χ4v) is 2.57. The molecule has 1 aliphatic rings. The maximum Gasteiger partial charge on any atom is 0.410 e. The maximum absolute atomic E-state index is 12.4. The minimum Gasteiger partial charge on any atom is -0.465 e. The van der Waals surface area contributed by atoms with Crippen molar-refractivity contribution in [3.8, 4) is 0 Å². The summed E-state index contributed by atoms with van der Waals surface area (Å²) in [7, 11) is 1.31. The predicted molar refractivity (Wildman–Crippen MR) is 102 cm³/mol. The summed E-state index contributed by atoms with van der Waals surface area (Å²) >= 11 is 0. The van der Waals surface area contributed by atoms with Gasteiger partial charge >= 0.3 is 12.1 Å². The van der Waals surface area contributed by atoms with E-state index < -0.39 is 11.6 Å². The first kappa shape index (κ1) is 20.5. The van der Waals surface area contributed by atoms with E-state index in [1.165, 1.54) is 7.11 Å². The third-order valence-electron chi connectivity index (χ3n) is 3.94. The lowest BCUT2D eigenvalue weighted by Crippen LogP contribution is -2.40. The van der Waals surface area contributed by atoms with Crippen LogP contribution in [0.5, 0.6) is 0 Å². The van der Waals surface area contributed by atoms with Crippen molar-refractivity contribution in [2.75, 3.05) is 30.8 Å². The van der Waals surface area contributed by atoms with Crippen LogP contribution in [0.4, 0.5) is 16.2 Å². The van der Waals surface area contributed by atoms with Crippen LogP contribution in [0.3, 0.4) is 0 Å². The molecular weight excluding hydrogens is 350 g/mol. The molecule has 1 saturated carbocycles. The Morgan fingerprint density at radius 1 is 1.26 bits per heavy atom. The number of anilines is 2. The Labute approximate surface area is 159 Å². The molecule has 0 radical (unpaired) electrons. The quantitative estimate of drug-likeness (QED) is 0.534. The van der Waals surface area contributed by atoms with Crippen molar-refractivity contribution >= 4 is 29.8 Å². The lowest BCUT2D eigenvalue weighted by Gasteiger charge is -2.27. The van der Waals surface area contributed by atoms with Gasteiger partial charge in [-0.2, -0.15) is 0 Å². The molecule has 148 valence electrons. The van der Waals surface area contributed by atoms with Gasteiger partial charge in [0.2, 0.25) is 6.41 Å². The molecule has 1 aliphatic carbocycles. The van der Waals surface area contributed by atoms with Crippen molar-refractivity contribution < 1.29 is 23.9 Å². The van der Waals surface area contributed by atoms with Crippen molar-refractivity contribution in [3.63, 3.8) is 0 Å². The number of hydrogen-bond acceptors (Lipinski definition) is 6. The SMILES string of the molecule is COC(=O)c1ccc(NC=O)c(NCCN(C(=O)OC(C)(C)C)C2CC2)c1. The Bertz CT molecular complexity index is 695. The van der Waals surface area contributed by atoms with E-state index in [4.69, 9.17) is 9.47 Å². The van der Waals surface area contributed by atoms with E-state index in [-0.39, 0.29) is 12.1 Å². The number of benzene rings is 1. The number of amides is 2. The molecule has 8 nitrogen and oxygen atoms in total. The molecule has 0 aliphatic heterocycles. The molecule has 8 heteroatoms. The summed E-state index contributed by atoms with van der Waals surface area (Å²) in [6.07, 6.45) is 2.17. The van der Waals surface area contributed by atoms with Gasteiger partial charge in [0.15, 0.2) is 0 Å². The Kier molecular flexibility index (Phi) is 6.65. The molecule has 2 N–H and O–H groups in total. The van der Waals surface area contributed by atoms with Gasteiger partial charge in [-0.3, -0.25) is 4.79 Å². The Hall–Kier alpha value is -2.77. The Balaban J connectivity index is 2.04. The van der Waals surface area contributed by atoms with Gasteiger partial charge < -0.3 is 25.0 Å². The van der Waals surface area contributed by atoms with E-state index in [0.29, 0.717) is 36.4 Å². The molecular formula is C19H27N3O5. The van der Waals surface area contributed by atoms with Gasteiger partial charge in [-0.05, 0) is 51.8 Å². The van der Waals surface area contributed by atoms with Gasteiger partial charge in [0.25, 0.3) is 0 Å². The van der Waals surface area contributed by atoms with Crippen LogP contribution in [0, 0.1) is 0 Å². The highest BCUT2D eigenvalue weighted by Gasteiger charge is 2.34. The summed E-state index contributed by atoms with van der Waals surface area (Å²) in [6, 6.07) is 5.00. The first-order valence-electron chi connectivity index (χ1n) is 8.91. The highest BCUT2D eigenvalue weighted by molar-refractivity contribution is 5.93. The molecule has 0 atom stereocenters. The number of nitrogens with one attached hydrogen (secondary N) is 2. The number of rotatable bonds is 8. The molecule has 0 bridgehead atoms. The minimum absolute atomic E-state index is 0.204. The van der Waals surface area contributed by atoms with Crippen LogP contribution in [0.25, 0.3) is 0 Å². The molecule has 2 amide bonds. The predicted octanol–water partition coefficient (Wildman–Crippen LogP) is 2.85. The van der Waals surface area contributed by atoms with Gasteiger partial charge in [0.05, 0.1) is 24.0 Å². The summed E-state index contributed by atoms with van der Waals surface area (Å²) in [6.45, 7) is 6.40. The molecule has 1 fully saturated rings. The van der Waals surface area contributed by atoms with E-state index in [0.717, 1.165) is 12.8 Å². The largest absolute Gasteiger partial charge is 0.465 e. The molecule has 1 aromatic carbocycles. The van der Waals surface area contributed by atoms with Crippen LogP contribution < -0.4 is 10.6 Å². The van der Waals surface area contributed by atoms with Crippen molar-refractivity contribution in [1.82, 2.24) is 4.90 Å². The number of hydrogen-bond donors (Lipinski definition) is 2. The van der Waals surface area contributed by atoms with Gasteiger partial charge in [-0.1, -0.05) is 0 Å². The first-order valence-corrected chi connectivity index (χ1v) is 8.91. The van der Waals surface area contributed by atoms with Crippen molar-refractivity contribution in [2.45, 2.75) is 45.3 Å². The summed E-state index contributed by atoms with van der Waals surface area (Å²) in [5, 5.41) is 5.76. The van der Waals surface area contributed by atoms with Gasteiger partial charge in [-0.25, -0.2) is 9.59 Å². The topological polar surface area (TPSA) is 97.0 Å². The van der Waals surface area contributed by atoms with Gasteiger partial charge in [0.1, 0.15) is 5.60 Å². The van der Waals surface area contributed by atoms with Crippen LogP contribution in [0.2, 0.25) is 0 Å². The number of ether oxygens (including phenoxy) is 2. The average molecular weight is 377 g/mol. The van der Waals surface area contributed by atoms with E-state index in [1.807, 2.05) is 20.8 Å². The smallest absolute Gasteiger partial charge is 0.410 e.